The smallest absolute Gasteiger partial charge is 0.175 e. The van der Waals surface area contributed by atoms with Gasteiger partial charge in [-0.05, 0) is 84.2 Å². The van der Waals surface area contributed by atoms with Gasteiger partial charge in [0.05, 0.1) is 4.90 Å². The summed E-state index contributed by atoms with van der Waals surface area (Å²) >= 11 is 0. The van der Waals surface area contributed by atoms with Gasteiger partial charge in [-0.1, -0.05) is 48.5 Å². The summed E-state index contributed by atoms with van der Waals surface area (Å²) < 4.78 is 42.3. The summed E-state index contributed by atoms with van der Waals surface area (Å²) in [6.45, 7) is 1.80. The molecule has 5 aromatic carbocycles. The van der Waals surface area contributed by atoms with Gasteiger partial charge < -0.3 is 19.5 Å². The molecule has 7 heteroatoms. The molecule has 0 atom stereocenters. The van der Waals surface area contributed by atoms with E-state index in [1.165, 1.54) is 6.26 Å². The number of fused-ring (bicyclic) bond motifs is 1. The van der Waals surface area contributed by atoms with Crippen LogP contribution in [-0.4, -0.2) is 34.9 Å². The molecule has 204 valence electrons. The highest BCUT2D eigenvalue weighted by Gasteiger charge is 2.15. The minimum Gasteiger partial charge on any atom is -0.492 e. The molecule has 0 spiro atoms. The molecule has 0 aliphatic rings. The number of nitrogens with one attached hydrogen (secondary N) is 1. The summed E-state index contributed by atoms with van der Waals surface area (Å²) in [6, 6.07) is 34.4. The van der Waals surface area contributed by atoms with E-state index < -0.39 is 9.84 Å². The number of sulfone groups is 1. The Morgan fingerprint density at radius 3 is 2.12 bits per heavy atom. The van der Waals surface area contributed by atoms with Crippen molar-refractivity contribution >= 4 is 20.6 Å². The standard InChI is InChI=1S/C33H31NO5S/c1-34-20-21-37-27-11-13-28(14-12-27)39-33-31(25-8-16-30(17-9-25)40(2,35)36)18-10-26-22-29(15-19-32(26)33)38-23-24-6-4-3-5-7-24/h3-19,22,34H,20-21,23H2,1-2H3. The average molecular weight is 554 g/mol. The molecule has 5 aromatic rings. The molecule has 0 aliphatic heterocycles. The molecule has 0 radical (unpaired) electrons. The van der Waals surface area contributed by atoms with E-state index in [2.05, 4.69) is 5.32 Å². The number of ether oxygens (including phenoxy) is 3. The number of benzene rings is 5. The molecule has 0 aromatic heterocycles. The zero-order chi connectivity index (χ0) is 28.0. The first-order valence-corrected chi connectivity index (χ1v) is 14.9. The van der Waals surface area contributed by atoms with E-state index in [4.69, 9.17) is 14.2 Å². The number of hydrogen-bond donors (Lipinski definition) is 1. The molecule has 0 heterocycles. The van der Waals surface area contributed by atoms with Gasteiger partial charge in [-0.2, -0.15) is 0 Å². The predicted molar refractivity (Wildman–Crippen MR) is 159 cm³/mol. The molecular weight excluding hydrogens is 522 g/mol. The van der Waals surface area contributed by atoms with Gasteiger partial charge in [-0.25, -0.2) is 8.42 Å². The second-order valence-electron chi connectivity index (χ2n) is 9.42. The molecule has 1 N–H and O–H groups in total. The van der Waals surface area contributed by atoms with Crippen molar-refractivity contribution in [2.24, 2.45) is 0 Å². The first-order valence-electron chi connectivity index (χ1n) is 13.0. The van der Waals surface area contributed by atoms with E-state index in [0.29, 0.717) is 24.7 Å². The van der Waals surface area contributed by atoms with Crippen LogP contribution in [0.4, 0.5) is 0 Å². The van der Waals surface area contributed by atoms with Crippen LogP contribution in [0.3, 0.4) is 0 Å². The van der Waals surface area contributed by atoms with Gasteiger partial charge in [-0.15, -0.1) is 0 Å². The number of rotatable bonds is 11. The Morgan fingerprint density at radius 2 is 1.43 bits per heavy atom. The van der Waals surface area contributed by atoms with Crippen LogP contribution in [0.5, 0.6) is 23.0 Å². The second kappa shape index (κ2) is 12.2. The van der Waals surface area contributed by atoms with E-state index >= 15 is 0 Å². The topological polar surface area (TPSA) is 73.9 Å². The monoisotopic (exact) mass is 553 g/mol. The van der Waals surface area contributed by atoms with Crippen LogP contribution in [0, 0.1) is 0 Å². The van der Waals surface area contributed by atoms with Crippen LogP contribution < -0.4 is 19.5 Å². The van der Waals surface area contributed by atoms with Gasteiger partial charge in [0.15, 0.2) is 9.84 Å². The summed E-state index contributed by atoms with van der Waals surface area (Å²) in [4.78, 5) is 0.272. The summed E-state index contributed by atoms with van der Waals surface area (Å²) in [5, 5.41) is 4.93. The lowest BCUT2D eigenvalue weighted by Gasteiger charge is -2.16. The van der Waals surface area contributed by atoms with Crippen LogP contribution >= 0.6 is 0 Å². The van der Waals surface area contributed by atoms with Crippen LogP contribution in [0.25, 0.3) is 21.9 Å². The Labute approximate surface area is 235 Å². The molecule has 0 bridgehead atoms. The average Bonchev–Trinajstić information content (AvgIpc) is 2.97. The summed E-state index contributed by atoms with van der Waals surface area (Å²) in [5.41, 5.74) is 2.79. The quantitative estimate of drug-likeness (QED) is 0.180. The van der Waals surface area contributed by atoms with Crippen molar-refractivity contribution < 1.29 is 22.6 Å². The molecule has 5 rings (SSSR count). The van der Waals surface area contributed by atoms with Gasteiger partial charge in [0, 0.05) is 23.8 Å². The maximum atomic E-state index is 12.0. The van der Waals surface area contributed by atoms with Crippen LogP contribution in [0.1, 0.15) is 5.56 Å². The molecule has 0 fully saturated rings. The molecule has 0 saturated heterocycles. The largest absolute Gasteiger partial charge is 0.492 e. The third kappa shape index (κ3) is 6.62. The van der Waals surface area contributed by atoms with Gasteiger partial charge in [0.2, 0.25) is 0 Å². The van der Waals surface area contributed by atoms with E-state index in [0.717, 1.165) is 45.5 Å². The zero-order valence-electron chi connectivity index (χ0n) is 22.5. The van der Waals surface area contributed by atoms with Crippen molar-refractivity contribution in [1.82, 2.24) is 5.32 Å². The third-order valence-electron chi connectivity index (χ3n) is 6.45. The lowest BCUT2D eigenvalue weighted by molar-refractivity contribution is 0.306. The number of hydrogen-bond acceptors (Lipinski definition) is 6. The van der Waals surface area contributed by atoms with Gasteiger partial charge in [-0.3, -0.25) is 0 Å². The van der Waals surface area contributed by atoms with Crippen LogP contribution in [0.2, 0.25) is 0 Å². The highest BCUT2D eigenvalue weighted by Crippen LogP contribution is 2.41. The maximum absolute atomic E-state index is 12.0. The zero-order valence-corrected chi connectivity index (χ0v) is 23.3. The molecule has 40 heavy (non-hydrogen) atoms. The molecule has 0 unspecified atom stereocenters. The predicted octanol–water partition coefficient (Wildman–Crippen LogP) is 6.88. The Balaban J connectivity index is 1.49. The van der Waals surface area contributed by atoms with Crippen molar-refractivity contribution in [1.29, 1.82) is 0 Å². The first kappa shape index (κ1) is 27.2. The SMILES string of the molecule is CNCCOc1ccc(Oc2c(-c3ccc(S(C)(=O)=O)cc3)ccc3cc(OCc4ccccc4)ccc23)cc1. The minimum atomic E-state index is -3.30. The van der Waals surface area contributed by atoms with E-state index in [-0.39, 0.29) is 4.90 Å². The fraction of sp³-hybridized carbons (Fsp3) is 0.152. The summed E-state index contributed by atoms with van der Waals surface area (Å²) in [6.07, 6.45) is 1.20. The first-order chi connectivity index (χ1) is 19.4. The highest BCUT2D eigenvalue weighted by molar-refractivity contribution is 7.90. The molecule has 6 nitrogen and oxygen atoms in total. The van der Waals surface area contributed by atoms with Crippen molar-refractivity contribution in [2.75, 3.05) is 26.5 Å². The Morgan fingerprint density at radius 1 is 0.725 bits per heavy atom. The lowest BCUT2D eigenvalue weighted by atomic mass is 9.99. The highest BCUT2D eigenvalue weighted by atomic mass is 32.2. The molecular formula is C33H31NO5S. The molecule has 0 saturated carbocycles. The Kier molecular flexibility index (Phi) is 8.34. The van der Waals surface area contributed by atoms with Crippen molar-refractivity contribution in [3.63, 3.8) is 0 Å². The van der Waals surface area contributed by atoms with E-state index in [1.54, 1.807) is 24.3 Å². The van der Waals surface area contributed by atoms with Crippen LogP contribution in [0.15, 0.2) is 114 Å². The lowest BCUT2D eigenvalue weighted by Crippen LogP contribution is -2.15. The molecule has 0 amide bonds. The van der Waals surface area contributed by atoms with Gasteiger partial charge in [0.25, 0.3) is 0 Å². The maximum Gasteiger partial charge on any atom is 0.175 e. The Hall–Kier alpha value is -4.33. The van der Waals surface area contributed by atoms with Crippen molar-refractivity contribution in [3.05, 3.63) is 115 Å². The van der Waals surface area contributed by atoms with E-state index in [9.17, 15) is 8.42 Å². The number of likely N-dealkylation sites (N-methyl/N-ethyl adjacent to an activating group) is 1. The van der Waals surface area contributed by atoms with Crippen LogP contribution in [-0.2, 0) is 16.4 Å². The van der Waals surface area contributed by atoms with Gasteiger partial charge >= 0.3 is 0 Å². The van der Waals surface area contributed by atoms with Gasteiger partial charge in [0.1, 0.15) is 36.2 Å². The minimum absolute atomic E-state index is 0.272. The third-order valence-corrected chi connectivity index (χ3v) is 7.58. The normalized spacial score (nSPS) is 11.3. The second-order valence-corrected chi connectivity index (χ2v) is 11.4. The molecule has 0 aliphatic carbocycles. The fourth-order valence-electron chi connectivity index (χ4n) is 4.32. The fourth-order valence-corrected chi connectivity index (χ4v) is 4.95. The summed E-state index contributed by atoms with van der Waals surface area (Å²) in [7, 11) is -1.42. The van der Waals surface area contributed by atoms with Crippen molar-refractivity contribution in [2.45, 2.75) is 11.5 Å². The Bertz CT molecular complexity index is 1680. The van der Waals surface area contributed by atoms with E-state index in [1.807, 2.05) is 92.0 Å². The van der Waals surface area contributed by atoms with Crippen molar-refractivity contribution in [3.8, 4) is 34.1 Å². The summed E-state index contributed by atoms with van der Waals surface area (Å²) in [5.74, 6) is 2.85.